The van der Waals surface area contributed by atoms with Gasteiger partial charge in [0.25, 0.3) is 0 Å². The molecule has 0 amide bonds. The number of ether oxygens (including phenoxy) is 1. The summed E-state index contributed by atoms with van der Waals surface area (Å²) in [5, 5.41) is 0. The van der Waals surface area contributed by atoms with Crippen LogP contribution in [-0.2, 0) is 4.74 Å². The molecule has 0 spiro atoms. The van der Waals surface area contributed by atoms with Gasteiger partial charge in [0.2, 0.25) is 0 Å². The van der Waals surface area contributed by atoms with E-state index in [2.05, 4.69) is 50.9 Å². The number of carbonyl (C=O) groups is 1. The fraction of sp³-hybridized carbons (Fsp3) is 0.364. The number of aryl methyl sites for hydroxylation is 1. The molecule has 3 rings (SSSR count). The Morgan fingerprint density at radius 2 is 2.19 bits per heavy atom. The first-order valence-corrected chi connectivity index (χ1v) is 9.10. The van der Waals surface area contributed by atoms with Gasteiger partial charge in [0, 0.05) is 18.3 Å². The second kappa shape index (κ2) is 7.73. The SMILES string of the molecule is Cc1cccc([C@H](C)c2nccn2C(=O)OCC2=CC=CC(C)C2)c1C. The van der Waals surface area contributed by atoms with Crippen LogP contribution in [-0.4, -0.2) is 22.3 Å². The van der Waals surface area contributed by atoms with E-state index in [4.69, 9.17) is 4.74 Å². The van der Waals surface area contributed by atoms with Crippen LogP contribution in [0.4, 0.5) is 4.79 Å². The van der Waals surface area contributed by atoms with E-state index >= 15 is 0 Å². The Balaban J connectivity index is 1.75. The van der Waals surface area contributed by atoms with E-state index in [9.17, 15) is 4.79 Å². The summed E-state index contributed by atoms with van der Waals surface area (Å²) < 4.78 is 7.06. The summed E-state index contributed by atoms with van der Waals surface area (Å²) in [7, 11) is 0. The molecular weight excluding hydrogens is 324 g/mol. The minimum atomic E-state index is -0.377. The first kappa shape index (κ1) is 18.2. The second-order valence-corrected chi connectivity index (χ2v) is 7.11. The predicted molar refractivity (Wildman–Crippen MR) is 103 cm³/mol. The highest BCUT2D eigenvalue weighted by molar-refractivity contribution is 5.71. The molecule has 2 aromatic rings. The molecule has 136 valence electrons. The van der Waals surface area contributed by atoms with Gasteiger partial charge in [-0.2, -0.15) is 0 Å². The van der Waals surface area contributed by atoms with E-state index in [0.29, 0.717) is 18.3 Å². The van der Waals surface area contributed by atoms with Crippen molar-refractivity contribution in [3.8, 4) is 0 Å². The maximum Gasteiger partial charge on any atom is 0.419 e. The van der Waals surface area contributed by atoms with E-state index in [1.807, 2.05) is 18.2 Å². The van der Waals surface area contributed by atoms with Gasteiger partial charge < -0.3 is 4.74 Å². The lowest BCUT2D eigenvalue weighted by atomic mass is 9.93. The van der Waals surface area contributed by atoms with Gasteiger partial charge in [0.15, 0.2) is 0 Å². The molecule has 1 aromatic heterocycles. The lowest BCUT2D eigenvalue weighted by Gasteiger charge is -2.18. The summed E-state index contributed by atoms with van der Waals surface area (Å²) in [6.07, 6.45) is 10.1. The molecule has 4 heteroatoms. The van der Waals surface area contributed by atoms with Crippen molar-refractivity contribution in [2.75, 3.05) is 6.61 Å². The summed E-state index contributed by atoms with van der Waals surface area (Å²) in [5.41, 5.74) is 4.79. The largest absolute Gasteiger partial charge is 0.444 e. The van der Waals surface area contributed by atoms with Crippen molar-refractivity contribution in [3.63, 3.8) is 0 Å². The van der Waals surface area contributed by atoms with Crippen LogP contribution in [0, 0.1) is 19.8 Å². The Kier molecular flexibility index (Phi) is 5.40. The fourth-order valence-electron chi connectivity index (χ4n) is 3.43. The number of hydrogen-bond acceptors (Lipinski definition) is 3. The monoisotopic (exact) mass is 350 g/mol. The zero-order valence-electron chi connectivity index (χ0n) is 15.9. The zero-order chi connectivity index (χ0) is 18.7. The van der Waals surface area contributed by atoms with Crippen molar-refractivity contribution in [1.29, 1.82) is 0 Å². The maximum atomic E-state index is 12.6. The van der Waals surface area contributed by atoms with Crippen LogP contribution in [0.25, 0.3) is 0 Å². The molecule has 0 saturated heterocycles. The molecular formula is C22H26N2O2. The minimum Gasteiger partial charge on any atom is -0.444 e. The summed E-state index contributed by atoms with van der Waals surface area (Å²) in [6, 6.07) is 6.24. The molecule has 0 bridgehead atoms. The van der Waals surface area contributed by atoms with Crippen LogP contribution in [0.1, 0.15) is 48.7 Å². The molecule has 1 unspecified atom stereocenters. The maximum absolute atomic E-state index is 12.6. The molecule has 4 nitrogen and oxygen atoms in total. The Morgan fingerprint density at radius 3 is 2.96 bits per heavy atom. The molecule has 0 saturated carbocycles. The number of carbonyl (C=O) groups excluding carboxylic acids is 1. The molecule has 1 heterocycles. The van der Waals surface area contributed by atoms with Crippen LogP contribution in [0.3, 0.4) is 0 Å². The Labute approximate surface area is 155 Å². The average Bonchev–Trinajstić information content (AvgIpc) is 3.11. The van der Waals surface area contributed by atoms with E-state index in [-0.39, 0.29) is 12.0 Å². The number of benzene rings is 1. The Bertz CT molecular complexity index is 861. The van der Waals surface area contributed by atoms with Crippen LogP contribution in [0.15, 0.2) is 54.4 Å². The zero-order valence-corrected chi connectivity index (χ0v) is 15.9. The van der Waals surface area contributed by atoms with Crippen LogP contribution in [0.2, 0.25) is 0 Å². The molecule has 0 N–H and O–H groups in total. The number of aromatic nitrogens is 2. The summed E-state index contributed by atoms with van der Waals surface area (Å²) in [6.45, 7) is 8.76. The van der Waals surface area contributed by atoms with E-state index in [1.165, 1.54) is 21.3 Å². The highest BCUT2D eigenvalue weighted by atomic mass is 16.5. The van der Waals surface area contributed by atoms with Crippen molar-refractivity contribution < 1.29 is 9.53 Å². The minimum absolute atomic E-state index is 0.00861. The van der Waals surface area contributed by atoms with Crippen molar-refractivity contribution in [3.05, 3.63) is 76.9 Å². The fourth-order valence-corrected chi connectivity index (χ4v) is 3.43. The van der Waals surface area contributed by atoms with Crippen molar-refractivity contribution in [1.82, 2.24) is 9.55 Å². The topological polar surface area (TPSA) is 44.1 Å². The average molecular weight is 350 g/mol. The predicted octanol–water partition coefficient (Wildman–Crippen LogP) is 5.16. The first-order chi connectivity index (χ1) is 12.5. The lowest BCUT2D eigenvalue weighted by molar-refractivity contribution is 0.155. The first-order valence-electron chi connectivity index (χ1n) is 9.10. The van der Waals surface area contributed by atoms with Gasteiger partial charge in [0.1, 0.15) is 12.4 Å². The van der Waals surface area contributed by atoms with E-state index in [0.717, 1.165) is 12.0 Å². The molecule has 0 fully saturated rings. The summed E-state index contributed by atoms with van der Waals surface area (Å²) >= 11 is 0. The highest BCUT2D eigenvalue weighted by Gasteiger charge is 2.21. The third-order valence-electron chi connectivity index (χ3n) is 5.10. The quantitative estimate of drug-likeness (QED) is 0.765. The third kappa shape index (κ3) is 3.79. The van der Waals surface area contributed by atoms with E-state index in [1.54, 1.807) is 12.4 Å². The van der Waals surface area contributed by atoms with Gasteiger partial charge in [-0.1, -0.05) is 50.3 Å². The van der Waals surface area contributed by atoms with Crippen LogP contribution in [0.5, 0.6) is 0 Å². The van der Waals surface area contributed by atoms with Crippen molar-refractivity contribution in [2.45, 2.75) is 40.0 Å². The smallest absolute Gasteiger partial charge is 0.419 e. The van der Waals surface area contributed by atoms with Gasteiger partial charge in [-0.05, 0) is 48.4 Å². The molecule has 1 aliphatic carbocycles. The van der Waals surface area contributed by atoms with Crippen molar-refractivity contribution in [2.24, 2.45) is 5.92 Å². The van der Waals surface area contributed by atoms with E-state index < -0.39 is 0 Å². The number of nitrogens with zero attached hydrogens (tertiary/aromatic N) is 2. The number of hydrogen-bond donors (Lipinski definition) is 0. The van der Waals surface area contributed by atoms with Crippen LogP contribution < -0.4 is 0 Å². The van der Waals surface area contributed by atoms with Gasteiger partial charge in [-0.3, -0.25) is 0 Å². The Hall–Kier alpha value is -2.62. The van der Waals surface area contributed by atoms with Gasteiger partial charge >= 0.3 is 6.09 Å². The number of rotatable bonds is 4. The van der Waals surface area contributed by atoms with Gasteiger partial charge in [-0.15, -0.1) is 0 Å². The third-order valence-corrected chi connectivity index (χ3v) is 5.10. The lowest BCUT2D eigenvalue weighted by Crippen LogP contribution is -2.19. The number of allylic oxidation sites excluding steroid dienone is 3. The van der Waals surface area contributed by atoms with Gasteiger partial charge in [0.05, 0.1) is 0 Å². The molecule has 1 aromatic carbocycles. The standard InChI is InChI=1S/C22H26N2O2/c1-15-7-5-9-19(13-15)14-26-22(25)24-12-11-23-21(24)18(4)20-10-6-8-16(2)17(20)3/h5-12,15,18H,13-14H2,1-4H3/t15?,18-/m0/s1. The number of imidazole rings is 1. The molecule has 1 aliphatic rings. The van der Waals surface area contributed by atoms with Gasteiger partial charge in [-0.25, -0.2) is 14.3 Å². The normalized spacial score (nSPS) is 17.7. The van der Waals surface area contributed by atoms with Crippen LogP contribution >= 0.6 is 0 Å². The Morgan fingerprint density at radius 1 is 1.38 bits per heavy atom. The highest BCUT2D eigenvalue weighted by Crippen LogP contribution is 2.27. The molecule has 26 heavy (non-hydrogen) atoms. The molecule has 0 radical (unpaired) electrons. The van der Waals surface area contributed by atoms with Crippen molar-refractivity contribution >= 4 is 6.09 Å². The second-order valence-electron chi connectivity index (χ2n) is 7.11. The molecule has 0 aliphatic heterocycles. The molecule has 2 atom stereocenters. The summed E-state index contributed by atoms with van der Waals surface area (Å²) in [5.74, 6) is 1.20. The summed E-state index contributed by atoms with van der Waals surface area (Å²) in [4.78, 5) is 17.0.